The summed E-state index contributed by atoms with van der Waals surface area (Å²) >= 11 is 0. The second-order valence-corrected chi connectivity index (χ2v) is 4.51. The molecule has 3 nitrogen and oxygen atoms in total. The van der Waals surface area contributed by atoms with Gasteiger partial charge in [-0.25, -0.2) is 0 Å². The van der Waals surface area contributed by atoms with Gasteiger partial charge in [0.25, 0.3) is 0 Å². The van der Waals surface area contributed by atoms with E-state index in [4.69, 9.17) is 15.9 Å². The molecule has 0 fully saturated rings. The van der Waals surface area contributed by atoms with Crippen molar-refractivity contribution < 1.29 is 4.74 Å². The third-order valence-corrected chi connectivity index (χ3v) is 2.99. The summed E-state index contributed by atoms with van der Waals surface area (Å²) in [7, 11) is 0. The lowest BCUT2D eigenvalue weighted by atomic mass is 10.1. The molecule has 0 spiro atoms. The molecule has 0 aliphatic rings. The van der Waals surface area contributed by atoms with E-state index in [1.807, 2.05) is 49.4 Å². The molecule has 0 aliphatic carbocycles. The number of nitrogen functional groups attached to an aromatic ring is 1. The highest BCUT2D eigenvalue weighted by atomic mass is 16.5. The summed E-state index contributed by atoms with van der Waals surface area (Å²) in [6.45, 7) is 4.10. The van der Waals surface area contributed by atoms with E-state index in [0.717, 1.165) is 17.7 Å². The van der Waals surface area contributed by atoms with E-state index in [9.17, 15) is 0 Å². The molecule has 0 atom stereocenters. The Bertz CT molecular complexity index is 588. The minimum absolute atomic E-state index is 0.0141. The van der Waals surface area contributed by atoms with E-state index >= 15 is 0 Å². The Kier molecular flexibility index (Phi) is 3.85. The van der Waals surface area contributed by atoms with Crippen molar-refractivity contribution in [3.63, 3.8) is 0 Å². The normalized spacial score (nSPS) is 10.2. The van der Waals surface area contributed by atoms with Crippen LogP contribution in [0.25, 0.3) is 0 Å². The molecule has 0 radical (unpaired) electrons. The van der Waals surface area contributed by atoms with Crippen LogP contribution in [0.1, 0.15) is 23.6 Å². The van der Waals surface area contributed by atoms with E-state index < -0.39 is 0 Å². The van der Waals surface area contributed by atoms with E-state index in [1.165, 1.54) is 5.56 Å². The first kappa shape index (κ1) is 13.1. The van der Waals surface area contributed by atoms with Crippen LogP contribution in [-0.4, -0.2) is 5.84 Å². The van der Waals surface area contributed by atoms with Crippen LogP contribution in [-0.2, 0) is 6.42 Å². The zero-order valence-corrected chi connectivity index (χ0v) is 11.2. The molecular weight excluding hydrogens is 236 g/mol. The smallest absolute Gasteiger partial charge is 0.138 e. The van der Waals surface area contributed by atoms with Crippen molar-refractivity contribution >= 4 is 5.84 Å². The summed E-state index contributed by atoms with van der Waals surface area (Å²) in [5.41, 5.74) is 8.52. The number of amidine groups is 1. The summed E-state index contributed by atoms with van der Waals surface area (Å²) in [6.07, 6.45) is 1.00. The highest BCUT2D eigenvalue weighted by Crippen LogP contribution is 2.26. The molecule has 2 aromatic carbocycles. The van der Waals surface area contributed by atoms with Gasteiger partial charge in [0, 0.05) is 0 Å². The van der Waals surface area contributed by atoms with Crippen LogP contribution in [0.3, 0.4) is 0 Å². The van der Waals surface area contributed by atoms with Gasteiger partial charge in [-0.1, -0.05) is 25.1 Å². The fourth-order valence-corrected chi connectivity index (χ4v) is 1.86. The van der Waals surface area contributed by atoms with Gasteiger partial charge >= 0.3 is 0 Å². The first-order valence-electron chi connectivity index (χ1n) is 6.32. The third-order valence-electron chi connectivity index (χ3n) is 2.99. The Hall–Kier alpha value is -2.29. The zero-order valence-electron chi connectivity index (χ0n) is 11.2. The third kappa shape index (κ3) is 3.13. The van der Waals surface area contributed by atoms with Crippen LogP contribution in [0.2, 0.25) is 0 Å². The molecule has 98 valence electrons. The van der Waals surface area contributed by atoms with Gasteiger partial charge in [-0.05, 0) is 48.7 Å². The molecule has 3 N–H and O–H groups in total. The molecule has 3 heteroatoms. The molecule has 2 aromatic rings. The predicted octanol–water partition coefficient (Wildman–Crippen LogP) is 3.63. The second-order valence-electron chi connectivity index (χ2n) is 4.51. The maximum atomic E-state index is 7.57. The van der Waals surface area contributed by atoms with Crippen LogP contribution >= 0.6 is 0 Å². The van der Waals surface area contributed by atoms with Gasteiger partial charge in [-0.15, -0.1) is 0 Å². The number of benzene rings is 2. The molecular formula is C16H18N2O. The second kappa shape index (κ2) is 5.57. The lowest BCUT2D eigenvalue weighted by Gasteiger charge is -2.11. The van der Waals surface area contributed by atoms with Crippen molar-refractivity contribution in [3.05, 3.63) is 59.2 Å². The number of hydrogen-bond acceptors (Lipinski definition) is 2. The van der Waals surface area contributed by atoms with Crippen molar-refractivity contribution in [1.82, 2.24) is 0 Å². The molecule has 0 saturated carbocycles. The summed E-state index contributed by atoms with van der Waals surface area (Å²) in [5, 5.41) is 7.57. The SMILES string of the molecule is CCc1ccc(Oc2cc(C)ccc2C(=N)N)cc1. The number of hydrogen-bond donors (Lipinski definition) is 2. The molecule has 0 aromatic heterocycles. The van der Waals surface area contributed by atoms with Crippen LogP contribution < -0.4 is 10.5 Å². The molecule has 0 heterocycles. The maximum Gasteiger partial charge on any atom is 0.138 e. The van der Waals surface area contributed by atoms with Gasteiger partial charge in [0.05, 0.1) is 5.56 Å². The first-order valence-corrected chi connectivity index (χ1v) is 6.32. The van der Waals surface area contributed by atoms with E-state index in [-0.39, 0.29) is 5.84 Å². The minimum Gasteiger partial charge on any atom is -0.457 e. The van der Waals surface area contributed by atoms with E-state index in [0.29, 0.717) is 11.3 Å². The van der Waals surface area contributed by atoms with Gasteiger partial charge in [0.15, 0.2) is 0 Å². The molecule has 0 unspecified atom stereocenters. The number of aryl methyl sites for hydroxylation is 2. The van der Waals surface area contributed by atoms with Crippen molar-refractivity contribution in [2.45, 2.75) is 20.3 Å². The zero-order chi connectivity index (χ0) is 13.8. The van der Waals surface area contributed by atoms with Crippen LogP contribution in [0.4, 0.5) is 0 Å². The molecule has 0 aliphatic heterocycles. The standard InChI is InChI=1S/C16H18N2O/c1-3-12-5-7-13(8-6-12)19-15-10-11(2)4-9-14(15)16(17)18/h4-10H,3H2,1-2H3,(H3,17,18). The van der Waals surface area contributed by atoms with Crippen LogP contribution in [0.5, 0.6) is 11.5 Å². The Labute approximate surface area is 113 Å². The maximum absolute atomic E-state index is 7.57. The van der Waals surface area contributed by atoms with E-state index in [2.05, 4.69) is 6.92 Å². The lowest BCUT2D eigenvalue weighted by Crippen LogP contribution is -2.12. The van der Waals surface area contributed by atoms with E-state index in [1.54, 1.807) is 0 Å². The van der Waals surface area contributed by atoms with Crippen molar-refractivity contribution in [2.75, 3.05) is 0 Å². The monoisotopic (exact) mass is 254 g/mol. The predicted molar refractivity (Wildman–Crippen MR) is 78.1 cm³/mol. The number of nitrogens with two attached hydrogens (primary N) is 1. The number of rotatable bonds is 4. The largest absolute Gasteiger partial charge is 0.457 e. The Morgan fingerprint density at radius 3 is 2.42 bits per heavy atom. The molecule has 0 bridgehead atoms. The minimum atomic E-state index is 0.0141. The fraction of sp³-hybridized carbons (Fsp3) is 0.188. The Balaban J connectivity index is 2.31. The summed E-state index contributed by atoms with van der Waals surface area (Å²) in [5.74, 6) is 1.39. The van der Waals surface area contributed by atoms with Gasteiger partial charge < -0.3 is 10.5 Å². The molecule has 0 saturated heterocycles. The highest BCUT2D eigenvalue weighted by Gasteiger charge is 2.08. The first-order chi connectivity index (χ1) is 9.10. The lowest BCUT2D eigenvalue weighted by molar-refractivity contribution is 0.481. The Morgan fingerprint density at radius 2 is 1.84 bits per heavy atom. The van der Waals surface area contributed by atoms with Crippen molar-refractivity contribution in [2.24, 2.45) is 5.73 Å². The van der Waals surface area contributed by atoms with Crippen LogP contribution in [0.15, 0.2) is 42.5 Å². The number of ether oxygens (including phenoxy) is 1. The average Bonchev–Trinajstić information content (AvgIpc) is 2.39. The van der Waals surface area contributed by atoms with Gasteiger partial charge in [0.1, 0.15) is 17.3 Å². The number of nitrogens with one attached hydrogen (secondary N) is 1. The van der Waals surface area contributed by atoms with Gasteiger partial charge in [-0.3, -0.25) is 5.41 Å². The van der Waals surface area contributed by atoms with Crippen molar-refractivity contribution in [3.8, 4) is 11.5 Å². The van der Waals surface area contributed by atoms with Crippen molar-refractivity contribution in [1.29, 1.82) is 5.41 Å². The summed E-state index contributed by atoms with van der Waals surface area (Å²) in [4.78, 5) is 0. The van der Waals surface area contributed by atoms with Crippen LogP contribution in [0, 0.1) is 12.3 Å². The topological polar surface area (TPSA) is 59.1 Å². The summed E-state index contributed by atoms with van der Waals surface area (Å²) in [6, 6.07) is 13.6. The molecule has 19 heavy (non-hydrogen) atoms. The highest BCUT2D eigenvalue weighted by molar-refractivity contribution is 5.97. The average molecular weight is 254 g/mol. The van der Waals surface area contributed by atoms with Gasteiger partial charge in [-0.2, -0.15) is 0 Å². The summed E-state index contributed by atoms with van der Waals surface area (Å²) < 4.78 is 5.83. The Morgan fingerprint density at radius 1 is 1.16 bits per heavy atom. The fourth-order valence-electron chi connectivity index (χ4n) is 1.86. The van der Waals surface area contributed by atoms with Gasteiger partial charge in [0.2, 0.25) is 0 Å². The molecule has 2 rings (SSSR count). The molecule has 0 amide bonds. The quantitative estimate of drug-likeness (QED) is 0.646.